The number of esters is 1. The Labute approximate surface area is 113 Å². The summed E-state index contributed by atoms with van der Waals surface area (Å²) in [5.41, 5.74) is 1.06. The van der Waals surface area contributed by atoms with Gasteiger partial charge in [-0.05, 0) is 14.0 Å². The molecule has 1 rings (SSSR count). The van der Waals surface area contributed by atoms with Crippen LogP contribution in [0.15, 0.2) is 12.4 Å². The van der Waals surface area contributed by atoms with Crippen LogP contribution < -0.4 is 0 Å². The second-order valence-electron chi connectivity index (χ2n) is 4.54. The van der Waals surface area contributed by atoms with Crippen molar-refractivity contribution in [3.05, 3.63) is 18.0 Å². The second kappa shape index (κ2) is 7.68. The zero-order valence-electron chi connectivity index (χ0n) is 11.8. The molecule has 0 unspecified atom stereocenters. The maximum atomic E-state index is 11.7. The highest BCUT2D eigenvalue weighted by Gasteiger charge is 2.11. The highest BCUT2D eigenvalue weighted by atomic mass is 16.5. The van der Waals surface area contributed by atoms with Crippen molar-refractivity contribution in [1.82, 2.24) is 14.7 Å². The first-order valence-electron chi connectivity index (χ1n) is 6.34. The number of aromatic nitrogens is 2. The van der Waals surface area contributed by atoms with Crippen LogP contribution in [0.4, 0.5) is 0 Å². The minimum Gasteiger partial charge on any atom is -0.466 e. The predicted molar refractivity (Wildman–Crippen MR) is 70.4 cm³/mol. The maximum absolute atomic E-state index is 11.7. The third-order valence-corrected chi connectivity index (χ3v) is 2.57. The van der Waals surface area contributed by atoms with E-state index >= 15 is 0 Å². The van der Waals surface area contributed by atoms with Crippen molar-refractivity contribution in [2.24, 2.45) is 7.05 Å². The lowest BCUT2D eigenvalue weighted by Crippen LogP contribution is -2.25. The van der Waals surface area contributed by atoms with Gasteiger partial charge in [0.15, 0.2) is 0 Å². The van der Waals surface area contributed by atoms with E-state index < -0.39 is 0 Å². The monoisotopic (exact) mass is 267 g/mol. The number of carbonyl (C=O) groups excluding carboxylic acids is 2. The van der Waals surface area contributed by atoms with Crippen LogP contribution in [0, 0.1) is 0 Å². The SMILES string of the molecule is CCOC(=O)CCC(=O)CN(C)Cc1cnn(C)c1. The number of aryl methyl sites for hydroxylation is 1. The molecular weight excluding hydrogens is 246 g/mol. The van der Waals surface area contributed by atoms with Crippen molar-refractivity contribution in [2.45, 2.75) is 26.3 Å². The Hall–Kier alpha value is -1.69. The minimum absolute atomic E-state index is 0.0412. The van der Waals surface area contributed by atoms with E-state index in [0.29, 0.717) is 19.7 Å². The molecule has 106 valence electrons. The average molecular weight is 267 g/mol. The zero-order valence-corrected chi connectivity index (χ0v) is 11.8. The molecule has 0 aliphatic carbocycles. The summed E-state index contributed by atoms with van der Waals surface area (Å²) in [5, 5.41) is 4.07. The van der Waals surface area contributed by atoms with E-state index in [1.165, 1.54) is 0 Å². The molecule has 1 aromatic rings. The summed E-state index contributed by atoms with van der Waals surface area (Å²) < 4.78 is 6.51. The van der Waals surface area contributed by atoms with Gasteiger partial charge in [0.2, 0.25) is 0 Å². The van der Waals surface area contributed by atoms with E-state index in [1.807, 2.05) is 25.2 Å². The van der Waals surface area contributed by atoms with Crippen LogP contribution in [0.5, 0.6) is 0 Å². The van der Waals surface area contributed by atoms with Crippen LogP contribution in [0.1, 0.15) is 25.3 Å². The third kappa shape index (κ3) is 6.15. The number of ketones is 1. The predicted octanol–water partition coefficient (Wildman–Crippen LogP) is 0.764. The highest BCUT2D eigenvalue weighted by Crippen LogP contribution is 2.02. The highest BCUT2D eigenvalue weighted by molar-refractivity contribution is 5.84. The van der Waals surface area contributed by atoms with Crippen LogP contribution in [-0.4, -0.2) is 46.6 Å². The summed E-state index contributed by atoms with van der Waals surface area (Å²) in [5.74, 6) is -0.273. The Balaban J connectivity index is 2.26. The van der Waals surface area contributed by atoms with Gasteiger partial charge < -0.3 is 4.74 Å². The Morgan fingerprint density at radius 2 is 2.16 bits per heavy atom. The van der Waals surface area contributed by atoms with Crippen molar-refractivity contribution in [2.75, 3.05) is 20.2 Å². The summed E-state index contributed by atoms with van der Waals surface area (Å²) in [7, 11) is 3.73. The second-order valence-corrected chi connectivity index (χ2v) is 4.54. The van der Waals surface area contributed by atoms with E-state index in [1.54, 1.807) is 17.8 Å². The molecule has 0 saturated heterocycles. The third-order valence-electron chi connectivity index (χ3n) is 2.57. The first kappa shape index (κ1) is 15.4. The molecule has 6 nitrogen and oxygen atoms in total. The van der Waals surface area contributed by atoms with Gasteiger partial charge in [0.25, 0.3) is 0 Å². The molecule has 0 saturated carbocycles. The average Bonchev–Trinajstić information content (AvgIpc) is 2.72. The van der Waals surface area contributed by atoms with Gasteiger partial charge >= 0.3 is 5.97 Å². The summed E-state index contributed by atoms with van der Waals surface area (Å²) in [6.45, 7) is 3.10. The number of hydrogen-bond acceptors (Lipinski definition) is 5. The molecule has 0 aromatic carbocycles. The van der Waals surface area contributed by atoms with Crippen molar-refractivity contribution in [3.8, 4) is 0 Å². The van der Waals surface area contributed by atoms with Crippen molar-refractivity contribution in [3.63, 3.8) is 0 Å². The fourth-order valence-electron chi connectivity index (χ4n) is 1.78. The van der Waals surface area contributed by atoms with Gasteiger partial charge in [0.05, 0.1) is 25.8 Å². The van der Waals surface area contributed by atoms with E-state index in [9.17, 15) is 9.59 Å². The smallest absolute Gasteiger partial charge is 0.306 e. The van der Waals surface area contributed by atoms with Crippen molar-refractivity contribution < 1.29 is 14.3 Å². The zero-order chi connectivity index (χ0) is 14.3. The van der Waals surface area contributed by atoms with E-state index in [0.717, 1.165) is 5.56 Å². The summed E-state index contributed by atoms with van der Waals surface area (Å²) in [6.07, 6.45) is 4.09. The van der Waals surface area contributed by atoms with Crippen LogP contribution in [-0.2, 0) is 27.9 Å². The summed E-state index contributed by atoms with van der Waals surface area (Å²) in [6, 6.07) is 0. The van der Waals surface area contributed by atoms with Crippen molar-refractivity contribution in [1.29, 1.82) is 0 Å². The molecule has 0 aliphatic rings. The molecule has 0 N–H and O–H groups in total. The van der Waals surface area contributed by atoms with E-state index in [4.69, 9.17) is 4.74 Å². The molecule has 0 atom stereocenters. The molecule has 0 amide bonds. The van der Waals surface area contributed by atoms with Gasteiger partial charge in [0.1, 0.15) is 5.78 Å². The largest absolute Gasteiger partial charge is 0.466 e. The number of likely N-dealkylation sites (N-methyl/N-ethyl adjacent to an activating group) is 1. The molecule has 6 heteroatoms. The molecular formula is C13H21N3O3. The Morgan fingerprint density at radius 3 is 2.74 bits per heavy atom. The van der Waals surface area contributed by atoms with Crippen LogP contribution in [0.25, 0.3) is 0 Å². The van der Waals surface area contributed by atoms with Gasteiger partial charge in [-0.25, -0.2) is 0 Å². The number of hydrogen-bond donors (Lipinski definition) is 0. The van der Waals surface area contributed by atoms with Gasteiger partial charge in [-0.3, -0.25) is 19.2 Å². The molecule has 1 aromatic heterocycles. The number of rotatable bonds is 8. The molecule has 1 heterocycles. The van der Waals surface area contributed by atoms with Crippen LogP contribution in [0.3, 0.4) is 0 Å². The lowest BCUT2D eigenvalue weighted by molar-refractivity contribution is -0.144. The molecule has 0 spiro atoms. The number of nitrogens with zero attached hydrogens (tertiary/aromatic N) is 3. The Morgan fingerprint density at radius 1 is 1.42 bits per heavy atom. The standard InChI is InChI=1S/C13H21N3O3/c1-4-19-13(18)6-5-12(17)10-15(2)8-11-7-14-16(3)9-11/h7,9H,4-6,8,10H2,1-3H3. The van der Waals surface area contributed by atoms with E-state index in [-0.39, 0.29) is 24.6 Å². The summed E-state index contributed by atoms with van der Waals surface area (Å²) in [4.78, 5) is 24.7. The lowest BCUT2D eigenvalue weighted by Gasteiger charge is -2.14. The quantitative estimate of drug-likeness (QED) is 0.651. The van der Waals surface area contributed by atoms with Crippen LogP contribution >= 0.6 is 0 Å². The van der Waals surface area contributed by atoms with Gasteiger partial charge in [-0.1, -0.05) is 0 Å². The Kier molecular flexibility index (Phi) is 6.21. The molecule has 0 fully saturated rings. The molecule has 19 heavy (non-hydrogen) atoms. The number of Topliss-reactive ketones (excluding diaryl/α,β-unsaturated/α-hetero) is 1. The minimum atomic E-state index is -0.314. The van der Waals surface area contributed by atoms with Crippen molar-refractivity contribution >= 4 is 11.8 Å². The van der Waals surface area contributed by atoms with Gasteiger partial charge in [-0.2, -0.15) is 5.10 Å². The number of carbonyl (C=O) groups is 2. The van der Waals surface area contributed by atoms with E-state index in [2.05, 4.69) is 5.10 Å². The molecule has 0 aliphatic heterocycles. The fourth-order valence-corrected chi connectivity index (χ4v) is 1.78. The topological polar surface area (TPSA) is 64.4 Å². The fraction of sp³-hybridized carbons (Fsp3) is 0.615. The number of ether oxygens (including phenoxy) is 1. The normalized spacial score (nSPS) is 10.7. The Bertz CT molecular complexity index is 429. The lowest BCUT2D eigenvalue weighted by atomic mass is 10.2. The first-order valence-corrected chi connectivity index (χ1v) is 6.34. The van der Waals surface area contributed by atoms with Gasteiger partial charge in [0, 0.05) is 31.8 Å². The first-order chi connectivity index (χ1) is 9.01. The molecule has 0 bridgehead atoms. The van der Waals surface area contributed by atoms with Gasteiger partial charge in [-0.15, -0.1) is 0 Å². The molecule has 0 radical (unpaired) electrons. The summed E-state index contributed by atoms with van der Waals surface area (Å²) >= 11 is 0. The maximum Gasteiger partial charge on any atom is 0.306 e. The van der Waals surface area contributed by atoms with Crippen LogP contribution in [0.2, 0.25) is 0 Å².